The molecule has 3 heterocycles. The van der Waals surface area contributed by atoms with Crippen LogP contribution in [0.4, 0.5) is 11.5 Å². The second-order valence-corrected chi connectivity index (χ2v) is 4.76. The van der Waals surface area contributed by atoms with Crippen LogP contribution >= 0.6 is 0 Å². The molecule has 20 heavy (non-hydrogen) atoms. The lowest BCUT2D eigenvalue weighted by atomic mass is 10.2. The smallest absolute Gasteiger partial charge is 0.255 e. The highest BCUT2D eigenvalue weighted by atomic mass is 16.1. The molecule has 1 fully saturated rings. The van der Waals surface area contributed by atoms with Crippen molar-refractivity contribution in [3.8, 4) is 0 Å². The van der Waals surface area contributed by atoms with Crippen molar-refractivity contribution in [2.45, 2.75) is 12.8 Å². The monoisotopic (exact) mass is 268 g/mol. The summed E-state index contributed by atoms with van der Waals surface area (Å²) in [5.74, 6) is 0.716. The maximum Gasteiger partial charge on any atom is 0.255 e. The van der Waals surface area contributed by atoms with Gasteiger partial charge in [-0.1, -0.05) is 0 Å². The van der Waals surface area contributed by atoms with Crippen molar-refractivity contribution in [3.63, 3.8) is 0 Å². The first-order valence-electron chi connectivity index (χ1n) is 6.76. The van der Waals surface area contributed by atoms with Crippen LogP contribution in [0.15, 0.2) is 42.9 Å². The van der Waals surface area contributed by atoms with Gasteiger partial charge in [-0.2, -0.15) is 0 Å². The van der Waals surface area contributed by atoms with E-state index < -0.39 is 0 Å². The molecule has 102 valence electrons. The predicted octanol–water partition coefficient (Wildman–Crippen LogP) is 2.33. The van der Waals surface area contributed by atoms with Crippen LogP contribution in [-0.2, 0) is 0 Å². The fraction of sp³-hybridized carbons (Fsp3) is 0.267. The van der Waals surface area contributed by atoms with E-state index in [0.29, 0.717) is 5.56 Å². The number of nitrogens with one attached hydrogen (secondary N) is 1. The zero-order chi connectivity index (χ0) is 13.8. The van der Waals surface area contributed by atoms with Crippen molar-refractivity contribution < 1.29 is 4.79 Å². The Kier molecular flexibility index (Phi) is 3.58. The molecular formula is C15H16N4O. The van der Waals surface area contributed by atoms with Crippen molar-refractivity contribution in [1.82, 2.24) is 9.97 Å². The minimum absolute atomic E-state index is 0.138. The van der Waals surface area contributed by atoms with E-state index in [2.05, 4.69) is 20.2 Å². The van der Waals surface area contributed by atoms with Gasteiger partial charge in [0.1, 0.15) is 0 Å². The first kappa shape index (κ1) is 12.6. The lowest BCUT2D eigenvalue weighted by Crippen LogP contribution is -2.22. The zero-order valence-corrected chi connectivity index (χ0v) is 11.1. The van der Waals surface area contributed by atoms with Crippen LogP contribution in [0.1, 0.15) is 23.2 Å². The highest BCUT2D eigenvalue weighted by Gasteiger charge is 2.18. The van der Waals surface area contributed by atoms with Gasteiger partial charge in [0.05, 0.1) is 5.69 Å². The molecule has 1 N–H and O–H groups in total. The van der Waals surface area contributed by atoms with E-state index >= 15 is 0 Å². The van der Waals surface area contributed by atoms with Crippen LogP contribution in [0.3, 0.4) is 0 Å². The average Bonchev–Trinajstić information content (AvgIpc) is 3.03. The molecule has 0 spiro atoms. The molecule has 2 aromatic rings. The summed E-state index contributed by atoms with van der Waals surface area (Å²) >= 11 is 0. The number of hydrogen-bond donors (Lipinski definition) is 1. The highest BCUT2D eigenvalue weighted by Crippen LogP contribution is 2.26. The third-order valence-electron chi connectivity index (χ3n) is 3.38. The van der Waals surface area contributed by atoms with Gasteiger partial charge in [-0.25, -0.2) is 4.98 Å². The number of amides is 1. The number of carbonyl (C=O) groups is 1. The second kappa shape index (κ2) is 5.69. The first-order valence-corrected chi connectivity index (χ1v) is 6.76. The van der Waals surface area contributed by atoms with E-state index in [-0.39, 0.29) is 5.91 Å². The largest absolute Gasteiger partial charge is 0.355 e. The van der Waals surface area contributed by atoms with Crippen molar-refractivity contribution in [1.29, 1.82) is 0 Å². The number of aromatic nitrogens is 2. The second-order valence-electron chi connectivity index (χ2n) is 4.76. The Morgan fingerprint density at radius 2 is 1.85 bits per heavy atom. The van der Waals surface area contributed by atoms with Gasteiger partial charge in [-0.05, 0) is 37.1 Å². The van der Waals surface area contributed by atoms with Crippen LogP contribution in [0, 0.1) is 0 Å². The molecule has 0 aliphatic carbocycles. The fourth-order valence-electron chi connectivity index (χ4n) is 2.37. The fourth-order valence-corrected chi connectivity index (χ4v) is 2.37. The summed E-state index contributed by atoms with van der Waals surface area (Å²) < 4.78 is 0. The van der Waals surface area contributed by atoms with Crippen molar-refractivity contribution >= 4 is 17.4 Å². The van der Waals surface area contributed by atoms with E-state index in [4.69, 9.17) is 0 Å². The van der Waals surface area contributed by atoms with Crippen molar-refractivity contribution in [2.24, 2.45) is 0 Å². The summed E-state index contributed by atoms with van der Waals surface area (Å²) in [7, 11) is 0. The van der Waals surface area contributed by atoms with Crippen LogP contribution in [-0.4, -0.2) is 29.0 Å². The minimum Gasteiger partial charge on any atom is -0.355 e. The molecule has 2 aromatic heterocycles. The molecule has 0 radical (unpaired) electrons. The number of carbonyl (C=O) groups excluding carboxylic acids is 1. The molecule has 1 saturated heterocycles. The Bertz CT molecular complexity index is 594. The Balaban J connectivity index is 1.82. The number of hydrogen-bond acceptors (Lipinski definition) is 4. The van der Waals surface area contributed by atoms with Crippen LogP contribution in [0.5, 0.6) is 0 Å². The summed E-state index contributed by atoms with van der Waals surface area (Å²) in [5.41, 5.74) is 1.35. The molecule has 0 unspecified atom stereocenters. The quantitative estimate of drug-likeness (QED) is 0.928. The molecule has 0 atom stereocenters. The van der Waals surface area contributed by atoms with Gasteiger partial charge < -0.3 is 10.2 Å². The summed E-state index contributed by atoms with van der Waals surface area (Å²) in [6, 6.07) is 7.12. The molecule has 5 nitrogen and oxygen atoms in total. The maximum absolute atomic E-state index is 12.2. The summed E-state index contributed by atoms with van der Waals surface area (Å²) in [5, 5.41) is 2.93. The number of nitrogens with zero attached hydrogens (tertiary/aromatic N) is 3. The van der Waals surface area contributed by atoms with E-state index in [1.807, 2.05) is 12.1 Å². The summed E-state index contributed by atoms with van der Waals surface area (Å²) in [6.07, 6.45) is 7.33. The Labute approximate surface area is 117 Å². The number of pyridine rings is 2. The first-order chi connectivity index (χ1) is 9.84. The molecule has 5 heteroatoms. The van der Waals surface area contributed by atoms with Gasteiger partial charge >= 0.3 is 0 Å². The average molecular weight is 268 g/mol. The van der Waals surface area contributed by atoms with E-state index in [9.17, 15) is 4.79 Å². The number of anilines is 2. The highest BCUT2D eigenvalue weighted by molar-refractivity contribution is 6.05. The van der Waals surface area contributed by atoms with Gasteiger partial charge in [0, 0.05) is 37.2 Å². The molecule has 1 aliphatic rings. The topological polar surface area (TPSA) is 58.1 Å². The van der Waals surface area contributed by atoms with Crippen LogP contribution in [0.2, 0.25) is 0 Å². The van der Waals surface area contributed by atoms with E-state index in [0.717, 1.165) is 24.6 Å². The summed E-state index contributed by atoms with van der Waals surface area (Å²) in [6.45, 7) is 1.99. The van der Waals surface area contributed by atoms with E-state index in [1.54, 1.807) is 30.7 Å². The third-order valence-corrected chi connectivity index (χ3v) is 3.38. The summed E-state index contributed by atoms with van der Waals surface area (Å²) in [4.78, 5) is 22.7. The van der Waals surface area contributed by atoms with Crippen molar-refractivity contribution in [2.75, 3.05) is 23.3 Å². The SMILES string of the molecule is O=C(Nc1cccnc1N1CCCC1)c1ccncc1. The van der Waals surface area contributed by atoms with Gasteiger partial charge in [-0.3, -0.25) is 9.78 Å². The molecule has 0 saturated carbocycles. The van der Waals surface area contributed by atoms with Gasteiger partial charge in [0.15, 0.2) is 5.82 Å². The Morgan fingerprint density at radius 1 is 1.10 bits per heavy atom. The van der Waals surface area contributed by atoms with Gasteiger partial charge in [0.2, 0.25) is 0 Å². The predicted molar refractivity (Wildman–Crippen MR) is 77.9 cm³/mol. The maximum atomic E-state index is 12.2. The van der Waals surface area contributed by atoms with E-state index in [1.165, 1.54) is 12.8 Å². The molecule has 0 bridgehead atoms. The van der Waals surface area contributed by atoms with Crippen molar-refractivity contribution in [3.05, 3.63) is 48.4 Å². The van der Waals surface area contributed by atoms with Gasteiger partial charge in [-0.15, -0.1) is 0 Å². The van der Waals surface area contributed by atoms with Crippen LogP contribution in [0.25, 0.3) is 0 Å². The molecular weight excluding hydrogens is 252 g/mol. The van der Waals surface area contributed by atoms with Crippen LogP contribution < -0.4 is 10.2 Å². The molecule has 3 rings (SSSR count). The number of rotatable bonds is 3. The lowest BCUT2D eigenvalue weighted by molar-refractivity contribution is 0.102. The van der Waals surface area contributed by atoms with Gasteiger partial charge in [0.25, 0.3) is 5.91 Å². The Morgan fingerprint density at radius 3 is 2.60 bits per heavy atom. The Hall–Kier alpha value is -2.43. The molecule has 1 aliphatic heterocycles. The normalized spacial score (nSPS) is 14.3. The molecule has 0 aromatic carbocycles. The standard InChI is InChI=1S/C15H16N4O/c20-15(12-5-8-16-9-6-12)18-13-4-3-7-17-14(13)19-10-1-2-11-19/h3-9H,1-2,10-11H2,(H,18,20). The lowest BCUT2D eigenvalue weighted by Gasteiger charge is -2.19. The molecule has 1 amide bonds. The third kappa shape index (κ3) is 2.61. The minimum atomic E-state index is -0.138. The zero-order valence-electron chi connectivity index (χ0n) is 11.1.